The first-order valence-corrected chi connectivity index (χ1v) is 2.45. The first kappa shape index (κ1) is 9.82. The van der Waals surface area contributed by atoms with E-state index in [1.54, 1.807) is 0 Å². The fraction of sp³-hybridized carbons (Fsp3) is 0.500. The summed E-state index contributed by atoms with van der Waals surface area (Å²) >= 11 is 0. The largest absolute Gasteiger partial charge is 0.479 e. The standard InChI is InChI=1S/C4H7NO6/c5-4(11,3(9)10)1(6)2(7)8/h1,6,11H,5H2,(H,7,8)(H,9,10)/t1-,4+/m1/s1. The molecule has 0 bridgehead atoms. The number of hydrogen-bond donors (Lipinski definition) is 5. The molecule has 7 nitrogen and oxygen atoms in total. The molecule has 0 saturated carbocycles. The van der Waals surface area contributed by atoms with Gasteiger partial charge in [-0.15, -0.1) is 0 Å². The third kappa shape index (κ3) is 1.87. The van der Waals surface area contributed by atoms with E-state index in [1.807, 2.05) is 0 Å². The highest BCUT2D eigenvalue weighted by Gasteiger charge is 2.44. The zero-order chi connectivity index (χ0) is 9.23. The minimum atomic E-state index is -3.15. The summed E-state index contributed by atoms with van der Waals surface area (Å²) in [6.45, 7) is 0. The van der Waals surface area contributed by atoms with Crippen LogP contribution in [0.4, 0.5) is 0 Å². The molecule has 7 heteroatoms. The number of carboxylic acid groups (broad SMARTS) is 2. The summed E-state index contributed by atoms with van der Waals surface area (Å²) < 4.78 is 0. The van der Waals surface area contributed by atoms with Crippen LogP contribution >= 0.6 is 0 Å². The van der Waals surface area contributed by atoms with Crippen LogP contribution in [0.3, 0.4) is 0 Å². The van der Waals surface area contributed by atoms with Crippen molar-refractivity contribution in [1.82, 2.24) is 0 Å². The van der Waals surface area contributed by atoms with E-state index in [4.69, 9.17) is 20.4 Å². The molecule has 0 radical (unpaired) electrons. The number of aliphatic hydroxyl groups excluding tert-OH is 1. The quantitative estimate of drug-likeness (QED) is 0.283. The summed E-state index contributed by atoms with van der Waals surface area (Å²) in [6.07, 6.45) is -2.54. The number of nitrogens with two attached hydrogens (primary N) is 1. The molecule has 2 atom stereocenters. The van der Waals surface area contributed by atoms with Gasteiger partial charge in [-0.1, -0.05) is 0 Å². The molecule has 64 valence electrons. The Labute approximate surface area is 60.7 Å². The molecule has 0 spiro atoms. The van der Waals surface area contributed by atoms with E-state index in [1.165, 1.54) is 0 Å². The Morgan fingerprint density at radius 2 is 1.73 bits per heavy atom. The summed E-state index contributed by atoms with van der Waals surface area (Å²) in [6, 6.07) is 0. The van der Waals surface area contributed by atoms with Crippen LogP contribution in [0.2, 0.25) is 0 Å². The second-order valence-corrected chi connectivity index (χ2v) is 1.87. The highest BCUT2D eigenvalue weighted by atomic mass is 16.4. The van der Waals surface area contributed by atoms with Gasteiger partial charge in [-0.2, -0.15) is 0 Å². The van der Waals surface area contributed by atoms with Crippen molar-refractivity contribution in [2.24, 2.45) is 5.73 Å². The van der Waals surface area contributed by atoms with Gasteiger partial charge in [-0.3, -0.25) is 5.73 Å². The van der Waals surface area contributed by atoms with Crippen molar-refractivity contribution >= 4 is 11.9 Å². The summed E-state index contributed by atoms with van der Waals surface area (Å²) in [7, 11) is 0. The Balaban J connectivity index is 4.55. The molecular formula is C4H7NO6. The minimum absolute atomic E-state index is 1.91. The number of carbonyl (C=O) groups is 2. The Hall–Kier alpha value is -1.18. The number of hydrogen-bond acceptors (Lipinski definition) is 5. The zero-order valence-corrected chi connectivity index (χ0v) is 5.26. The van der Waals surface area contributed by atoms with Gasteiger partial charge in [0.1, 0.15) is 0 Å². The van der Waals surface area contributed by atoms with Crippen LogP contribution in [-0.2, 0) is 9.59 Å². The van der Waals surface area contributed by atoms with Crippen molar-refractivity contribution < 1.29 is 30.0 Å². The van der Waals surface area contributed by atoms with Crippen LogP contribution in [0.25, 0.3) is 0 Å². The van der Waals surface area contributed by atoms with Crippen molar-refractivity contribution in [1.29, 1.82) is 0 Å². The topological polar surface area (TPSA) is 141 Å². The van der Waals surface area contributed by atoms with E-state index >= 15 is 0 Å². The van der Waals surface area contributed by atoms with Gasteiger partial charge in [-0.25, -0.2) is 9.59 Å². The van der Waals surface area contributed by atoms with E-state index < -0.39 is 23.8 Å². The molecule has 0 amide bonds. The molecule has 0 unspecified atom stereocenters. The van der Waals surface area contributed by atoms with Gasteiger partial charge in [0.15, 0.2) is 0 Å². The Morgan fingerprint density at radius 3 is 1.82 bits per heavy atom. The van der Waals surface area contributed by atoms with Crippen molar-refractivity contribution in [2.75, 3.05) is 0 Å². The molecule has 0 aromatic heterocycles. The molecule has 0 aliphatic rings. The number of aliphatic hydroxyl groups is 2. The maximum Gasteiger partial charge on any atom is 0.354 e. The van der Waals surface area contributed by atoms with Crippen LogP contribution in [0.1, 0.15) is 0 Å². The summed E-state index contributed by atoms with van der Waals surface area (Å²) in [5, 5.41) is 33.1. The van der Waals surface area contributed by atoms with Crippen molar-refractivity contribution in [3.05, 3.63) is 0 Å². The molecule has 0 aliphatic carbocycles. The second-order valence-electron chi connectivity index (χ2n) is 1.87. The maximum atomic E-state index is 9.97. The SMILES string of the molecule is N[C@@](O)(C(=O)O)[C@H](O)C(=O)O. The first-order chi connectivity index (χ1) is 4.80. The van der Waals surface area contributed by atoms with Gasteiger partial charge >= 0.3 is 11.9 Å². The van der Waals surface area contributed by atoms with E-state index in [-0.39, 0.29) is 0 Å². The normalized spacial score (nSPS) is 18.5. The monoisotopic (exact) mass is 165 g/mol. The van der Waals surface area contributed by atoms with Gasteiger partial charge in [0.25, 0.3) is 5.72 Å². The van der Waals surface area contributed by atoms with Crippen LogP contribution < -0.4 is 5.73 Å². The Kier molecular flexibility index (Phi) is 2.52. The molecule has 0 rings (SSSR count). The predicted octanol–water partition coefficient (Wildman–Crippen LogP) is -2.84. The second kappa shape index (κ2) is 2.82. The Bertz CT molecular complexity index is 187. The molecule has 0 aromatic rings. The molecule has 0 fully saturated rings. The van der Waals surface area contributed by atoms with E-state index in [0.717, 1.165) is 0 Å². The smallest absolute Gasteiger partial charge is 0.354 e. The predicted molar refractivity (Wildman–Crippen MR) is 30.4 cm³/mol. The number of rotatable bonds is 3. The van der Waals surface area contributed by atoms with Crippen molar-refractivity contribution in [2.45, 2.75) is 11.8 Å². The van der Waals surface area contributed by atoms with Crippen LogP contribution in [0.15, 0.2) is 0 Å². The molecule has 0 saturated heterocycles. The van der Waals surface area contributed by atoms with Gasteiger partial charge < -0.3 is 20.4 Å². The minimum Gasteiger partial charge on any atom is -0.479 e. The van der Waals surface area contributed by atoms with E-state index in [9.17, 15) is 9.59 Å². The molecule has 6 N–H and O–H groups in total. The lowest BCUT2D eigenvalue weighted by Crippen LogP contribution is -2.60. The van der Waals surface area contributed by atoms with Crippen LogP contribution in [-0.4, -0.2) is 44.2 Å². The van der Waals surface area contributed by atoms with Gasteiger partial charge in [-0.05, 0) is 0 Å². The maximum absolute atomic E-state index is 9.97. The van der Waals surface area contributed by atoms with Crippen molar-refractivity contribution in [3.8, 4) is 0 Å². The molecule has 0 aromatic carbocycles. The molecule has 0 aliphatic heterocycles. The van der Waals surface area contributed by atoms with Gasteiger partial charge in [0, 0.05) is 0 Å². The highest BCUT2D eigenvalue weighted by Crippen LogP contribution is 2.02. The lowest BCUT2D eigenvalue weighted by atomic mass is 10.1. The zero-order valence-electron chi connectivity index (χ0n) is 5.26. The summed E-state index contributed by atoms with van der Waals surface area (Å²) in [5.41, 5.74) is 1.38. The first-order valence-electron chi connectivity index (χ1n) is 2.45. The molecular weight excluding hydrogens is 158 g/mol. The fourth-order valence-corrected chi connectivity index (χ4v) is 0.305. The van der Waals surface area contributed by atoms with Gasteiger partial charge in [0.2, 0.25) is 6.10 Å². The van der Waals surface area contributed by atoms with Crippen molar-refractivity contribution in [3.63, 3.8) is 0 Å². The van der Waals surface area contributed by atoms with E-state index in [2.05, 4.69) is 5.73 Å². The Morgan fingerprint density at radius 1 is 1.36 bits per heavy atom. The lowest BCUT2D eigenvalue weighted by molar-refractivity contribution is -0.182. The molecule has 0 heterocycles. The fourth-order valence-electron chi connectivity index (χ4n) is 0.305. The van der Waals surface area contributed by atoms with E-state index in [0.29, 0.717) is 0 Å². The lowest BCUT2D eigenvalue weighted by Gasteiger charge is -2.20. The number of aliphatic carboxylic acids is 2. The third-order valence-electron chi connectivity index (χ3n) is 0.993. The molecule has 11 heavy (non-hydrogen) atoms. The average Bonchev–Trinajstić information content (AvgIpc) is 1.85. The summed E-state index contributed by atoms with van der Waals surface area (Å²) in [4.78, 5) is 19.9. The van der Waals surface area contributed by atoms with Crippen LogP contribution in [0, 0.1) is 0 Å². The third-order valence-corrected chi connectivity index (χ3v) is 0.993. The van der Waals surface area contributed by atoms with Gasteiger partial charge in [0.05, 0.1) is 0 Å². The average molecular weight is 165 g/mol. The highest BCUT2D eigenvalue weighted by molar-refractivity contribution is 5.86. The van der Waals surface area contributed by atoms with Crippen LogP contribution in [0.5, 0.6) is 0 Å². The number of carboxylic acids is 2. The summed E-state index contributed by atoms with van der Waals surface area (Å²) in [5.74, 6) is -3.91.